The third-order valence-corrected chi connectivity index (χ3v) is 6.33. The van der Waals surface area contributed by atoms with Gasteiger partial charge in [-0.2, -0.15) is 0 Å². The molecule has 37 heavy (non-hydrogen) atoms. The maximum Gasteiger partial charge on any atom is 0.221 e. The van der Waals surface area contributed by atoms with E-state index in [9.17, 15) is 5.11 Å². The van der Waals surface area contributed by atoms with Gasteiger partial charge in [0.2, 0.25) is 11.8 Å². The number of aromatic nitrogens is 2. The highest BCUT2D eigenvalue weighted by atomic mass is 35.5. The molecule has 194 valence electrons. The lowest BCUT2D eigenvalue weighted by Gasteiger charge is -2.10. The fourth-order valence-electron chi connectivity index (χ4n) is 3.95. The number of hydrogen-bond donors (Lipinski definition) is 2. The average Bonchev–Trinajstić information content (AvgIpc) is 3.27. The van der Waals surface area contributed by atoms with Crippen molar-refractivity contribution in [2.24, 2.45) is 4.99 Å². The molecule has 0 aliphatic rings. The normalized spacial score (nSPS) is 11.8. The van der Waals surface area contributed by atoms with Crippen molar-refractivity contribution in [1.29, 1.82) is 0 Å². The molecular weight excluding hydrogens is 517 g/mol. The molecule has 0 aliphatic carbocycles. The smallest absolute Gasteiger partial charge is 0.221 e. The van der Waals surface area contributed by atoms with Gasteiger partial charge >= 0.3 is 0 Å². The van der Waals surface area contributed by atoms with Crippen molar-refractivity contribution in [3.63, 3.8) is 0 Å². The standard InChI is InChI=1S/C27H27Cl2N3O5/c1-35-26-20(3-2-8-30-26)19-5-6-21-22(27(31-9-10-33)37-17-36-12-11-34)16-32(25(21)14-19)15-18-4-7-23(28)24(29)13-18/h2-8,13-14,16,33-34H,9-12,15,17H2,1H3/b31-27-. The van der Waals surface area contributed by atoms with Gasteiger partial charge in [-0.15, -0.1) is 0 Å². The number of aliphatic imine (C=N–C) groups is 1. The summed E-state index contributed by atoms with van der Waals surface area (Å²) in [4.78, 5) is 8.76. The summed E-state index contributed by atoms with van der Waals surface area (Å²) in [6.07, 6.45) is 3.63. The molecule has 2 N–H and O–H groups in total. The van der Waals surface area contributed by atoms with Crippen molar-refractivity contribution < 1.29 is 24.4 Å². The Bertz CT molecular complexity index is 1390. The molecule has 0 amide bonds. The van der Waals surface area contributed by atoms with Gasteiger partial charge in [0.1, 0.15) is 0 Å². The van der Waals surface area contributed by atoms with Gasteiger partial charge in [-0.3, -0.25) is 0 Å². The molecule has 0 unspecified atom stereocenters. The number of nitrogens with zero attached hydrogens (tertiary/aromatic N) is 3. The number of fused-ring (bicyclic) bond motifs is 1. The maximum absolute atomic E-state index is 9.37. The molecule has 0 atom stereocenters. The number of aliphatic hydroxyl groups excluding tert-OH is 2. The molecule has 2 aromatic carbocycles. The lowest BCUT2D eigenvalue weighted by atomic mass is 10.0. The number of rotatable bonds is 11. The summed E-state index contributed by atoms with van der Waals surface area (Å²) >= 11 is 12.4. The van der Waals surface area contributed by atoms with Crippen LogP contribution >= 0.6 is 23.2 Å². The van der Waals surface area contributed by atoms with Crippen LogP contribution in [0.25, 0.3) is 22.0 Å². The summed E-state index contributed by atoms with van der Waals surface area (Å²) in [6.45, 7) is 0.486. The first-order chi connectivity index (χ1) is 18.0. The zero-order valence-electron chi connectivity index (χ0n) is 20.2. The van der Waals surface area contributed by atoms with Gasteiger partial charge in [0.15, 0.2) is 6.79 Å². The fraction of sp³-hybridized carbons (Fsp3) is 0.259. The summed E-state index contributed by atoms with van der Waals surface area (Å²) in [5, 5.41) is 20.2. The lowest BCUT2D eigenvalue weighted by molar-refractivity contribution is -0.00747. The highest BCUT2D eigenvalue weighted by Crippen LogP contribution is 2.33. The summed E-state index contributed by atoms with van der Waals surface area (Å²) in [6, 6.07) is 15.4. The monoisotopic (exact) mass is 543 g/mol. The Morgan fingerprint density at radius 3 is 2.68 bits per heavy atom. The first kappa shape index (κ1) is 26.9. The molecule has 0 saturated heterocycles. The van der Waals surface area contributed by atoms with Gasteiger partial charge in [-0.1, -0.05) is 41.4 Å². The van der Waals surface area contributed by atoms with Gasteiger partial charge in [0, 0.05) is 35.4 Å². The van der Waals surface area contributed by atoms with Crippen LogP contribution in [0, 0.1) is 0 Å². The number of benzene rings is 2. The molecule has 4 rings (SSSR count). The second kappa shape index (κ2) is 12.9. The van der Waals surface area contributed by atoms with Crippen LogP contribution in [0.1, 0.15) is 11.1 Å². The second-order valence-corrected chi connectivity index (χ2v) is 8.83. The number of methoxy groups -OCH3 is 1. The highest BCUT2D eigenvalue weighted by Gasteiger charge is 2.18. The van der Waals surface area contributed by atoms with Crippen LogP contribution in [-0.4, -0.2) is 65.9 Å². The van der Waals surface area contributed by atoms with Crippen LogP contribution in [0.15, 0.2) is 65.9 Å². The first-order valence-corrected chi connectivity index (χ1v) is 12.3. The third-order valence-electron chi connectivity index (χ3n) is 5.60. The topological polar surface area (TPSA) is 98.3 Å². The minimum atomic E-state index is -0.128. The lowest BCUT2D eigenvalue weighted by Crippen LogP contribution is -2.13. The SMILES string of the molecule is COc1ncccc1-c1ccc2c(/C(=N/CCO)OCOCCO)cn(Cc3ccc(Cl)c(Cl)c3)c2c1. The molecule has 2 aromatic heterocycles. The minimum absolute atomic E-state index is 0.0880. The number of pyridine rings is 1. The van der Waals surface area contributed by atoms with Crippen LogP contribution in [0.5, 0.6) is 5.88 Å². The number of ether oxygens (including phenoxy) is 3. The fourth-order valence-corrected chi connectivity index (χ4v) is 4.27. The number of halogens is 2. The van der Waals surface area contributed by atoms with Crippen LogP contribution in [0.2, 0.25) is 10.0 Å². The van der Waals surface area contributed by atoms with Gasteiger partial charge in [-0.05, 0) is 41.5 Å². The predicted molar refractivity (Wildman–Crippen MR) is 145 cm³/mol. The van der Waals surface area contributed by atoms with E-state index in [0.717, 1.165) is 33.2 Å². The predicted octanol–water partition coefficient (Wildman–Crippen LogP) is 4.79. The summed E-state index contributed by atoms with van der Waals surface area (Å²) in [5.41, 5.74) is 4.40. The van der Waals surface area contributed by atoms with Gasteiger partial charge in [0.05, 0.1) is 49.1 Å². The molecule has 0 fully saturated rings. The molecule has 0 spiro atoms. The van der Waals surface area contributed by atoms with E-state index in [0.29, 0.717) is 28.4 Å². The van der Waals surface area contributed by atoms with E-state index in [1.165, 1.54) is 0 Å². The Morgan fingerprint density at radius 2 is 1.92 bits per heavy atom. The zero-order valence-corrected chi connectivity index (χ0v) is 21.7. The summed E-state index contributed by atoms with van der Waals surface area (Å²) in [5.74, 6) is 0.857. The van der Waals surface area contributed by atoms with Gasteiger partial charge in [-0.25, -0.2) is 9.98 Å². The van der Waals surface area contributed by atoms with Crippen molar-refractivity contribution in [2.45, 2.75) is 6.54 Å². The van der Waals surface area contributed by atoms with Crippen LogP contribution in [-0.2, 0) is 16.0 Å². The molecular formula is C27H27Cl2N3O5. The molecule has 0 aliphatic heterocycles. The van der Waals surface area contributed by atoms with E-state index in [1.54, 1.807) is 19.4 Å². The van der Waals surface area contributed by atoms with Crippen molar-refractivity contribution in [3.05, 3.63) is 82.1 Å². The zero-order chi connectivity index (χ0) is 26.2. The summed E-state index contributed by atoms with van der Waals surface area (Å²) < 4.78 is 18.6. The van der Waals surface area contributed by atoms with Gasteiger partial charge in [0.25, 0.3) is 0 Å². The number of aliphatic hydroxyl groups is 2. The van der Waals surface area contributed by atoms with Crippen LogP contribution < -0.4 is 4.74 Å². The largest absolute Gasteiger partial charge is 0.481 e. The van der Waals surface area contributed by atoms with E-state index in [1.807, 2.05) is 42.6 Å². The summed E-state index contributed by atoms with van der Waals surface area (Å²) in [7, 11) is 1.59. The van der Waals surface area contributed by atoms with E-state index in [-0.39, 0.29) is 33.2 Å². The molecule has 10 heteroatoms. The van der Waals surface area contributed by atoms with Crippen molar-refractivity contribution in [3.8, 4) is 17.0 Å². The van der Waals surface area contributed by atoms with Crippen molar-refractivity contribution in [1.82, 2.24) is 9.55 Å². The van der Waals surface area contributed by atoms with Crippen molar-refractivity contribution >= 4 is 40.0 Å². The average molecular weight is 544 g/mol. The highest BCUT2D eigenvalue weighted by molar-refractivity contribution is 6.42. The van der Waals surface area contributed by atoms with E-state index in [2.05, 4.69) is 20.6 Å². The Kier molecular flexibility index (Phi) is 9.38. The molecule has 0 bridgehead atoms. The van der Waals surface area contributed by atoms with Crippen LogP contribution in [0.4, 0.5) is 0 Å². The Morgan fingerprint density at radius 1 is 1.05 bits per heavy atom. The third kappa shape index (κ3) is 6.41. The molecule has 4 aromatic rings. The Hall–Kier alpha value is -3.14. The molecule has 0 saturated carbocycles. The van der Waals surface area contributed by atoms with E-state index >= 15 is 0 Å². The molecule has 8 nitrogen and oxygen atoms in total. The number of hydrogen-bond acceptors (Lipinski definition) is 7. The quantitative estimate of drug-likeness (QED) is 0.122. The van der Waals surface area contributed by atoms with E-state index in [4.69, 9.17) is 42.5 Å². The maximum atomic E-state index is 9.37. The Labute approximate surface area is 224 Å². The second-order valence-electron chi connectivity index (χ2n) is 8.02. The minimum Gasteiger partial charge on any atom is -0.481 e. The molecule has 2 heterocycles. The first-order valence-electron chi connectivity index (χ1n) is 11.6. The van der Waals surface area contributed by atoms with Gasteiger partial charge < -0.3 is 29.0 Å². The van der Waals surface area contributed by atoms with Crippen LogP contribution in [0.3, 0.4) is 0 Å². The van der Waals surface area contributed by atoms with E-state index < -0.39 is 0 Å². The molecule has 0 radical (unpaired) electrons. The van der Waals surface area contributed by atoms with Crippen molar-refractivity contribution in [2.75, 3.05) is 40.3 Å². The Balaban J connectivity index is 1.83.